The Morgan fingerprint density at radius 1 is 1.29 bits per heavy atom. The molecule has 1 N–H and O–H groups in total. The van der Waals surface area contributed by atoms with Gasteiger partial charge in [0.15, 0.2) is 0 Å². The molecule has 114 valence electrons. The van der Waals surface area contributed by atoms with E-state index in [-0.39, 0.29) is 6.04 Å². The Bertz CT molecular complexity index is 583. The first kappa shape index (κ1) is 15.8. The Morgan fingerprint density at radius 2 is 2.10 bits per heavy atom. The predicted octanol–water partition coefficient (Wildman–Crippen LogP) is 3.99. The van der Waals surface area contributed by atoms with Gasteiger partial charge in [-0.25, -0.2) is 4.98 Å². The molecule has 4 nitrogen and oxygen atoms in total. The van der Waals surface area contributed by atoms with Crippen LogP contribution in [0.1, 0.15) is 35.7 Å². The van der Waals surface area contributed by atoms with Crippen molar-refractivity contribution in [3.8, 4) is 5.88 Å². The van der Waals surface area contributed by atoms with Crippen molar-refractivity contribution in [3.63, 3.8) is 0 Å². The molecule has 1 atom stereocenters. The van der Waals surface area contributed by atoms with Crippen LogP contribution in [0.4, 0.5) is 5.95 Å². The molecule has 0 aliphatic heterocycles. The van der Waals surface area contributed by atoms with Crippen molar-refractivity contribution in [2.45, 2.75) is 46.6 Å². The van der Waals surface area contributed by atoms with Gasteiger partial charge in [0, 0.05) is 34.0 Å². The van der Waals surface area contributed by atoms with Gasteiger partial charge in [-0.05, 0) is 39.3 Å². The summed E-state index contributed by atoms with van der Waals surface area (Å²) in [5, 5.41) is 3.36. The molecule has 0 amide bonds. The van der Waals surface area contributed by atoms with E-state index < -0.39 is 0 Å². The topological polar surface area (TPSA) is 47.0 Å². The number of rotatable bonds is 7. The first-order chi connectivity index (χ1) is 10.1. The summed E-state index contributed by atoms with van der Waals surface area (Å²) in [5.74, 6) is 1.29. The molecule has 0 spiro atoms. The summed E-state index contributed by atoms with van der Waals surface area (Å²) < 4.78 is 5.59. The number of ether oxygens (including phenoxy) is 1. The standard InChI is InChI=1S/C16H23N3OS/c1-5-8-20-15-10-12(3)18-16(19-15)17-11(2)9-14-7-6-13(4)21-14/h6-7,10-11H,5,8-9H2,1-4H3,(H,17,18,19). The number of anilines is 1. The van der Waals surface area contributed by atoms with Crippen LogP contribution < -0.4 is 10.1 Å². The lowest BCUT2D eigenvalue weighted by molar-refractivity contribution is 0.305. The molecule has 0 bridgehead atoms. The van der Waals surface area contributed by atoms with Crippen LogP contribution in [-0.4, -0.2) is 22.6 Å². The van der Waals surface area contributed by atoms with E-state index in [0.29, 0.717) is 18.4 Å². The number of hydrogen-bond acceptors (Lipinski definition) is 5. The molecule has 2 aromatic rings. The highest BCUT2D eigenvalue weighted by Crippen LogP contribution is 2.18. The second-order valence-corrected chi connectivity index (χ2v) is 6.65. The van der Waals surface area contributed by atoms with Crippen LogP contribution in [0.3, 0.4) is 0 Å². The molecule has 2 rings (SSSR count). The van der Waals surface area contributed by atoms with E-state index in [1.807, 2.05) is 24.3 Å². The molecule has 1 unspecified atom stereocenters. The zero-order valence-electron chi connectivity index (χ0n) is 13.1. The third kappa shape index (κ3) is 5.01. The number of thiophene rings is 1. The predicted molar refractivity (Wildman–Crippen MR) is 88.4 cm³/mol. The molecule has 0 aromatic carbocycles. The van der Waals surface area contributed by atoms with Crippen molar-refractivity contribution in [1.82, 2.24) is 9.97 Å². The zero-order chi connectivity index (χ0) is 15.2. The van der Waals surface area contributed by atoms with Gasteiger partial charge in [-0.15, -0.1) is 11.3 Å². The molecule has 0 aliphatic carbocycles. The number of hydrogen-bond donors (Lipinski definition) is 1. The van der Waals surface area contributed by atoms with Crippen molar-refractivity contribution in [1.29, 1.82) is 0 Å². The minimum Gasteiger partial charge on any atom is -0.478 e. The van der Waals surface area contributed by atoms with Crippen LogP contribution >= 0.6 is 11.3 Å². The monoisotopic (exact) mass is 305 g/mol. The van der Waals surface area contributed by atoms with Gasteiger partial charge in [-0.2, -0.15) is 4.98 Å². The summed E-state index contributed by atoms with van der Waals surface area (Å²) >= 11 is 1.84. The summed E-state index contributed by atoms with van der Waals surface area (Å²) in [6, 6.07) is 6.50. The second-order valence-electron chi connectivity index (χ2n) is 5.28. The van der Waals surface area contributed by atoms with E-state index in [1.165, 1.54) is 9.75 Å². The fraction of sp³-hybridized carbons (Fsp3) is 0.500. The van der Waals surface area contributed by atoms with Gasteiger partial charge in [0.2, 0.25) is 11.8 Å². The quantitative estimate of drug-likeness (QED) is 0.840. The van der Waals surface area contributed by atoms with Gasteiger partial charge in [0.1, 0.15) is 0 Å². The highest BCUT2D eigenvalue weighted by atomic mass is 32.1. The number of aromatic nitrogens is 2. The average Bonchev–Trinajstić information content (AvgIpc) is 2.80. The minimum atomic E-state index is 0.281. The molecule has 0 fully saturated rings. The average molecular weight is 305 g/mol. The maximum Gasteiger partial charge on any atom is 0.226 e. The van der Waals surface area contributed by atoms with Crippen molar-refractivity contribution >= 4 is 17.3 Å². The molecular formula is C16H23N3OS. The molecule has 0 saturated heterocycles. The Hall–Kier alpha value is -1.62. The van der Waals surface area contributed by atoms with Crippen molar-refractivity contribution < 1.29 is 4.74 Å². The number of nitrogens with zero attached hydrogens (tertiary/aromatic N) is 2. The van der Waals surface area contributed by atoms with E-state index >= 15 is 0 Å². The van der Waals surface area contributed by atoms with Gasteiger partial charge >= 0.3 is 0 Å². The fourth-order valence-corrected chi connectivity index (χ4v) is 3.07. The van der Waals surface area contributed by atoms with Gasteiger partial charge in [-0.1, -0.05) is 6.92 Å². The largest absolute Gasteiger partial charge is 0.478 e. The van der Waals surface area contributed by atoms with Gasteiger partial charge in [0.25, 0.3) is 0 Å². The zero-order valence-corrected chi connectivity index (χ0v) is 14.0. The van der Waals surface area contributed by atoms with E-state index in [9.17, 15) is 0 Å². The summed E-state index contributed by atoms with van der Waals surface area (Å²) in [6.45, 7) is 9.00. The molecule has 2 heterocycles. The maximum atomic E-state index is 5.59. The fourth-order valence-electron chi connectivity index (χ4n) is 2.05. The summed E-state index contributed by atoms with van der Waals surface area (Å²) in [7, 11) is 0. The Morgan fingerprint density at radius 3 is 2.76 bits per heavy atom. The maximum absolute atomic E-state index is 5.59. The highest BCUT2D eigenvalue weighted by Gasteiger charge is 2.09. The van der Waals surface area contributed by atoms with Crippen LogP contribution in [0.15, 0.2) is 18.2 Å². The second kappa shape index (κ2) is 7.41. The van der Waals surface area contributed by atoms with Gasteiger partial charge < -0.3 is 10.1 Å². The van der Waals surface area contributed by atoms with Crippen LogP contribution in [0, 0.1) is 13.8 Å². The molecular weight excluding hydrogens is 282 g/mol. The minimum absolute atomic E-state index is 0.281. The lowest BCUT2D eigenvalue weighted by atomic mass is 10.2. The van der Waals surface area contributed by atoms with E-state index in [0.717, 1.165) is 18.5 Å². The smallest absolute Gasteiger partial charge is 0.226 e. The molecule has 0 radical (unpaired) electrons. The van der Waals surface area contributed by atoms with Gasteiger partial charge in [-0.3, -0.25) is 0 Å². The Balaban J connectivity index is 1.99. The lowest BCUT2D eigenvalue weighted by Crippen LogP contribution is -2.19. The van der Waals surface area contributed by atoms with Crippen molar-refractivity contribution in [3.05, 3.63) is 33.6 Å². The summed E-state index contributed by atoms with van der Waals surface area (Å²) in [4.78, 5) is 11.6. The summed E-state index contributed by atoms with van der Waals surface area (Å²) in [5.41, 5.74) is 0.915. The SMILES string of the molecule is CCCOc1cc(C)nc(NC(C)Cc2ccc(C)s2)n1. The van der Waals surface area contributed by atoms with E-state index in [1.54, 1.807) is 0 Å². The third-order valence-corrected chi connectivity index (χ3v) is 3.99. The lowest BCUT2D eigenvalue weighted by Gasteiger charge is -2.14. The normalized spacial score (nSPS) is 12.2. The summed E-state index contributed by atoms with van der Waals surface area (Å²) in [6.07, 6.45) is 1.95. The molecule has 0 saturated carbocycles. The number of nitrogens with one attached hydrogen (secondary N) is 1. The molecule has 21 heavy (non-hydrogen) atoms. The first-order valence-corrected chi connectivity index (χ1v) is 8.18. The molecule has 2 aromatic heterocycles. The van der Waals surface area contributed by atoms with Crippen molar-refractivity contribution in [2.24, 2.45) is 0 Å². The van der Waals surface area contributed by atoms with E-state index in [4.69, 9.17) is 4.74 Å². The van der Waals surface area contributed by atoms with Gasteiger partial charge in [0.05, 0.1) is 6.61 Å². The van der Waals surface area contributed by atoms with Crippen LogP contribution in [0.2, 0.25) is 0 Å². The third-order valence-electron chi connectivity index (χ3n) is 2.96. The Kier molecular flexibility index (Phi) is 5.56. The number of aryl methyl sites for hydroxylation is 2. The highest BCUT2D eigenvalue weighted by molar-refractivity contribution is 7.11. The van der Waals surface area contributed by atoms with E-state index in [2.05, 4.69) is 48.2 Å². The van der Waals surface area contributed by atoms with Crippen LogP contribution in [0.5, 0.6) is 5.88 Å². The molecule has 0 aliphatic rings. The first-order valence-electron chi connectivity index (χ1n) is 7.37. The van der Waals surface area contributed by atoms with Crippen molar-refractivity contribution in [2.75, 3.05) is 11.9 Å². The van der Waals surface area contributed by atoms with Crippen LogP contribution in [0.25, 0.3) is 0 Å². The van der Waals surface area contributed by atoms with Crippen LogP contribution in [-0.2, 0) is 6.42 Å². The molecule has 5 heteroatoms. The Labute approximate surface area is 130 Å².